The summed E-state index contributed by atoms with van der Waals surface area (Å²) in [6.07, 6.45) is 4.16. The SMILES string of the molecule is CN1CC(=O)N(CCCC(=O)NC(c2ccccc2)c2nccn2C)C1=O. The third-order valence-electron chi connectivity index (χ3n) is 4.57. The summed E-state index contributed by atoms with van der Waals surface area (Å²) >= 11 is 0. The standard InChI is InChI=1S/C19H23N5O3/c1-22-12-10-20-18(22)17(14-7-4-3-5-8-14)21-15(25)9-6-11-24-16(26)13-23(2)19(24)27/h3-5,7-8,10,12,17H,6,9,11,13H2,1-2H3,(H,21,25). The molecule has 3 rings (SSSR count). The molecule has 0 bridgehead atoms. The first kappa shape index (κ1) is 18.6. The van der Waals surface area contributed by atoms with Crippen molar-refractivity contribution in [3.8, 4) is 0 Å². The maximum Gasteiger partial charge on any atom is 0.326 e. The Balaban J connectivity index is 1.61. The van der Waals surface area contributed by atoms with E-state index in [9.17, 15) is 14.4 Å². The molecule has 2 heterocycles. The number of likely N-dealkylation sites (N-methyl/N-ethyl adjacent to an activating group) is 1. The third kappa shape index (κ3) is 4.16. The minimum atomic E-state index is -0.361. The van der Waals surface area contributed by atoms with Crippen LogP contribution in [0.15, 0.2) is 42.7 Å². The van der Waals surface area contributed by atoms with Crippen LogP contribution >= 0.6 is 0 Å². The molecule has 1 aromatic heterocycles. The van der Waals surface area contributed by atoms with Crippen LogP contribution in [-0.4, -0.2) is 57.3 Å². The molecule has 0 spiro atoms. The fourth-order valence-electron chi connectivity index (χ4n) is 3.12. The summed E-state index contributed by atoms with van der Waals surface area (Å²) in [7, 11) is 3.47. The normalized spacial score (nSPS) is 15.3. The number of carbonyl (C=O) groups excluding carboxylic acids is 3. The molecule has 8 heteroatoms. The van der Waals surface area contributed by atoms with Gasteiger partial charge < -0.3 is 14.8 Å². The Morgan fingerprint density at radius 1 is 1.22 bits per heavy atom. The molecule has 0 saturated carbocycles. The highest BCUT2D eigenvalue weighted by atomic mass is 16.2. The molecule has 1 aliphatic rings. The van der Waals surface area contributed by atoms with E-state index in [4.69, 9.17) is 0 Å². The highest BCUT2D eigenvalue weighted by Gasteiger charge is 2.33. The number of hydrogen-bond acceptors (Lipinski definition) is 4. The molecule has 1 fully saturated rings. The number of nitrogens with zero attached hydrogens (tertiary/aromatic N) is 4. The van der Waals surface area contributed by atoms with Gasteiger partial charge >= 0.3 is 6.03 Å². The molecule has 2 aromatic rings. The minimum Gasteiger partial charge on any atom is -0.342 e. The van der Waals surface area contributed by atoms with Gasteiger partial charge in [-0.15, -0.1) is 0 Å². The summed E-state index contributed by atoms with van der Waals surface area (Å²) in [6.45, 7) is 0.341. The Morgan fingerprint density at radius 2 is 1.96 bits per heavy atom. The van der Waals surface area contributed by atoms with Crippen LogP contribution in [0.1, 0.15) is 30.3 Å². The van der Waals surface area contributed by atoms with E-state index in [2.05, 4.69) is 10.3 Å². The zero-order chi connectivity index (χ0) is 19.4. The largest absolute Gasteiger partial charge is 0.342 e. The summed E-state index contributed by atoms with van der Waals surface area (Å²) in [5.74, 6) is 0.360. The van der Waals surface area contributed by atoms with Crippen LogP contribution in [0.2, 0.25) is 0 Å². The van der Waals surface area contributed by atoms with E-state index in [0.29, 0.717) is 6.42 Å². The molecule has 8 nitrogen and oxygen atoms in total. The average Bonchev–Trinajstić information content (AvgIpc) is 3.18. The van der Waals surface area contributed by atoms with Gasteiger partial charge in [-0.05, 0) is 12.0 Å². The van der Waals surface area contributed by atoms with Crippen molar-refractivity contribution in [1.82, 2.24) is 24.7 Å². The summed E-state index contributed by atoms with van der Waals surface area (Å²) in [4.78, 5) is 43.1. The van der Waals surface area contributed by atoms with Gasteiger partial charge in [0.25, 0.3) is 0 Å². The van der Waals surface area contributed by atoms with Crippen LogP contribution in [0, 0.1) is 0 Å². The van der Waals surface area contributed by atoms with Gasteiger partial charge in [0, 0.05) is 39.5 Å². The minimum absolute atomic E-state index is 0.0975. The first-order valence-electron chi connectivity index (χ1n) is 8.84. The molecule has 0 radical (unpaired) electrons. The Hall–Kier alpha value is -3.16. The number of benzene rings is 1. The van der Waals surface area contributed by atoms with Crippen molar-refractivity contribution in [3.63, 3.8) is 0 Å². The fraction of sp³-hybridized carbons (Fsp3) is 0.368. The lowest BCUT2D eigenvalue weighted by molar-refractivity contribution is -0.126. The number of amides is 4. The lowest BCUT2D eigenvalue weighted by atomic mass is 10.1. The molecule has 1 aliphatic heterocycles. The first-order chi connectivity index (χ1) is 13.0. The summed E-state index contributed by atoms with van der Waals surface area (Å²) in [5, 5.41) is 3.01. The maximum atomic E-state index is 12.5. The van der Waals surface area contributed by atoms with Crippen LogP contribution in [0.25, 0.3) is 0 Å². The van der Waals surface area contributed by atoms with Crippen molar-refractivity contribution in [1.29, 1.82) is 0 Å². The number of aromatic nitrogens is 2. The molecule has 1 aromatic carbocycles. The number of imide groups is 1. The van der Waals surface area contributed by atoms with Crippen LogP contribution in [0.5, 0.6) is 0 Å². The van der Waals surface area contributed by atoms with E-state index in [-0.39, 0.29) is 43.4 Å². The van der Waals surface area contributed by atoms with Gasteiger partial charge in [0.05, 0.1) is 0 Å². The van der Waals surface area contributed by atoms with Gasteiger partial charge in [-0.1, -0.05) is 30.3 Å². The predicted octanol–water partition coefficient (Wildman–Crippen LogP) is 1.30. The summed E-state index contributed by atoms with van der Waals surface area (Å²) in [6, 6.07) is 8.96. The summed E-state index contributed by atoms with van der Waals surface area (Å²) < 4.78 is 1.87. The van der Waals surface area contributed by atoms with Crippen molar-refractivity contribution < 1.29 is 14.4 Å². The van der Waals surface area contributed by atoms with Crippen molar-refractivity contribution in [2.45, 2.75) is 18.9 Å². The van der Waals surface area contributed by atoms with Crippen molar-refractivity contribution >= 4 is 17.8 Å². The number of aryl methyl sites for hydroxylation is 1. The number of imidazole rings is 1. The maximum absolute atomic E-state index is 12.5. The van der Waals surface area contributed by atoms with E-state index in [0.717, 1.165) is 11.4 Å². The van der Waals surface area contributed by atoms with Gasteiger partial charge in [-0.25, -0.2) is 9.78 Å². The lowest BCUT2D eigenvalue weighted by Gasteiger charge is -2.19. The van der Waals surface area contributed by atoms with Crippen molar-refractivity contribution in [2.24, 2.45) is 7.05 Å². The zero-order valence-corrected chi connectivity index (χ0v) is 15.5. The van der Waals surface area contributed by atoms with E-state index >= 15 is 0 Å². The number of rotatable bonds is 7. The number of hydrogen-bond donors (Lipinski definition) is 1. The van der Waals surface area contributed by atoms with E-state index in [1.807, 2.05) is 48.1 Å². The quantitative estimate of drug-likeness (QED) is 0.745. The van der Waals surface area contributed by atoms with Gasteiger partial charge in [-0.3, -0.25) is 14.5 Å². The first-order valence-corrected chi connectivity index (χ1v) is 8.84. The van der Waals surface area contributed by atoms with E-state index < -0.39 is 0 Å². The highest BCUT2D eigenvalue weighted by molar-refractivity contribution is 6.01. The molecule has 1 N–H and O–H groups in total. The van der Waals surface area contributed by atoms with Gasteiger partial charge in [0.1, 0.15) is 18.4 Å². The van der Waals surface area contributed by atoms with Crippen molar-refractivity contribution in [2.75, 3.05) is 20.1 Å². The van der Waals surface area contributed by atoms with Gasteiger partial charge in [-0.2, -0.15) is 0 Å². The molecular weight excluding hydrogens is 346 g/mol. The topological polar surface area (TPSA) is 87.5 Å². The third-order valence-corrected chi connectivity index (χ3v) is 4.57. The van der Waals surface area contributed by atoms with E-state index in [1.165, 1.54) is 9.80 Å². The molecular formula is C19H23N5O3. The monoisotopic (exact) mass is 369 g/mol. The highest BCUT2D eigenvalue weighted by Crippen LogP contribution is 2.20. The fourth-order valence-corrected chi connectivity index (χ4v) is 3.12. The Labute approximate surface area is 157 Å². The Kier molecular flexibility index (Phi) is 5.54. The molecule has 0 aliphatic carbocycles. The van der Waals surface area contributed by atoms with Crippen LogP contribution < -0.4 is 5.32 Å². The molecule has 4 amide bonds. The van der Waals surface area contributed by atoms with Gasteiger partial charge in [0.15, 0.2) is 0 Å². The number of urea groups is 1. The van der Waals surface area contributed by atoms with Crippen molar-refractivity contribution in [3.05, 3.63) is 54.1 Å². The van der Waals surface area contributed by atoms with Gasteiger partial charge in [0.2, 0.25) is 11.8 Å². The molecule has 142 valence electrons. The average molecular weight is 369 g/mol. The molecule has 1 unspecified atom stereocenters. The second-order valence-electron chi connectivity index (χ2n) is 6.60. The predicted molar refractivity (Wildman–Crippen MR) is 98.6 cm³/mol. The second-order valence-corrected chi connectivity index (χ2v) is 6.60. The second kappa shape index (κ2) is 8.03. The molecule has 1 atom stereocenters. The molecule has 1 saturated heterocycles. The smallest absolute Gasteiger partial charge is 0.326 e. The van der Waals surface area contributed by atoms with Crippen LogP contribution in [0.4, 0.5) is 4.79 Å². The molecule has 27 heavy (non-hydrogen) atoms. The number of nitrogens with one attached hydrogen (secondary N) is 1. The van der Waals surface area contributed by atoms with E-state index in [1.54, 1.807) is 13.2 Å². The Morgan fingerprint density at radius 3 is 2.56 bits per heavy atom. The lowest BCUT2D eigenvalue weighted by Crippen LogP contribution is -2.34. The zero-order valence-electron chi connectivity index (χ0n) is 15.5. The Bertz CT molecular complexity index is 833. The number of carbonyl (C=O) groups is 3. The summed E-state index contributed by atoms with van der Waals surface area (Å²) in [5.41, 5.74) is 0.937. The van der Waals surface area contributed by atoms with Crippen LogP contribution in [-0.2, 0) is 16.6 Å². The van der Waals surface area contributed by atoms with Crippen LogP contribution in [0.3, 0.4) is 0 Å².